The molecule has 1 aromatic rings. The summed E-state index contributed by atoms with van der Waals surface area (Å²) in [5.41, 5.74) is 0.640. The van der Waals surface area contributed by atoms with Crippen molar-refractivity contribution in [3.05, 3.63) is 28.2 Å². The van der Waals surface area contributed by atoms with E-state index in [0.29, 0.717) is 21.8 Å². The molecule has 0 aromatic heterocycles. The highest BCUT2D eigenvalue weighted by atomic mass is 35.5. The van der Waals surface area contributed by atoms with Gasteiger partial charge in [0.1, 0.15) is 0 Å². The highest BCUT2D eigenvalue weighted by Gasteiger charge is 2.21. The van der Waals surface area contributed by atoms with Crippen LogP contribution in [0.5, 0.6) is 0 Å². The molecule has 0 aliphatic carbocycles. The molecule has 4 nitrogen and oxygen atoms in total. The molecule has 0 radical (unpaired) electrons. The molecule has 2 rings (SSSR count). The lowest BCUT2D eigenvalue weighted by atomic mass is 10.0. The minimum atomic E-state index is -0.198. The normalized spacial score (nSPS) is 17.0. The third-order valence-electron chi connectivity index (χ3n) is 3.77. The third-order valence-corrected chi connectivity index (χ3v) is 4.51. The molecule has 0 atom stereocenters. The van der Waals surface area contributed by atoms with Gasteiger partial charge in [0.05, 0.1) is 10.0 Å². The van der Waals surface area contributed by atoms with E-state index in [0.717, 1.165) is 25.9 Å². The van der Waals surface area contributed by atoms with Gasteiger partial charge in [0.2, 0.25) is 0 Å². The fourth-order valence-electron chi connectivity index (χ4n) is 2.49. The van der Waals surface area contributed by atoms with Crippen LogP contribution in [-0.2, 0) is 0 Å². The topological polar surface area (TPSA) is 44.4 Å². The Morgan fingerprint density at radius 2 is 1.90 bits per heavy atom. The van der Waals surface area contributed by atoms with Crippen LogP contribution < -0.4 is 10.6 Å². The van der Waals surface area contributed by atoms with Crippen molar-refractivity contribution in [1.29, 1.82) is 0 Å². The van der Waals surface area contributed by atoms with Gasteiger partial charge in [0, 0.05) is 30.9 Å². The number of nitrogens with one attached hydrogen (secondary N) is 2. The van der Waals surface area contributed by atoms with Gasteiger partial charge in [-0.05, 0) is 44.9 Å². The lowest BCUT2D eigenvalue weighted by Gasteiger charge is -2.34. The van der Waals surface area contributed by atoms with Gasteiger partial charge in [-0.25, -0.2) is 4.79 Å². The van der Waals surface area contributed by atoms with Crippen LogP contribution in [0, 0.1) is 0 Å². The average molecular weight is 330 g/mol. The Morgan fingerprint density at radius 1 is 1.24 bits per heavy atom. The maximum absolute atomic E-state index is 12.0. The number of piperidine rings is 1. The van der Waals surface area contributed by atoms with Gasteiger partial charge in [-0.15, -0.1) is 0 Å². The summed E-state index contributed by atoms with van der Waals surface area (Å²) in [5.74, 6) is 0. The fourth-order valence-corrected chi connectivity index (χ4v) is 2.78. The molecule has 0 spiro atoms. The predicted octanol–water partition coefficient (Wildman–Crippen LogP) is 3.99. The third kappa shape index (κ3) is 4.77. The van der Waals surface area contributed by atoms with Gasteiger partial charge in [-0.2, -0.15) is 0 Å². The molecule has 1 aliphatic rings. The van der Waals surface area contributed by atoms with E-state index in [1.165, 1.54) is 0 Å². The van der Waals surface area contributed by atoms with E-state index >= 15 is 0 Å². The number of likely N-dealkylation sites (tertiary alicyclic amines) is 1. The Labute approximate surface area is 135 Å². The summed E-state index contributed by atoms with van der Waals surface area (Å²) in [6.07, 6.45) is 1.96. The van der Waals surface area contributed by atoms with Gasteiger partial charge in [0.25, 0.3) is 0 Å². The molecule has 0 unspecified atom stereocenters. The minimum Gasteiger partial charge on any atom is -0.335 e. The molecular formula is C15H21Cl2N3O. The van der Waals surface area contributed by atoms with Gasteiger partial charge in [0.15, 0.2) is 0 Å². The van der Waals surface area contributed by atoms with E-state index in [1.54, 1.807) is 18.2 Å². The number of urea groups is 1. The van der Waals surface area contributed by atoms with E-state index in [1.807, 2.05) is 0 Å². The van der Waals surface area contributed by atoms with Gasteiger partial charge in [-0.3, -0.25) is 0 Å². The number of anilines is 1. The Hall–Kier alpha value is -0.970. The molecule has 1 saturated heterocycles. The SMILES string of the molecule is CC(C)N1CCC(NC(=O)Nc2ccc(Cl)c(Cl)c2)CC1. The first kappa shape index (κ1) is 16.4. The van der Waals surface area contributed by atoms with Crippen LogP contribution in [0.15, 0.2) is 18.2 Å². The van der Waals surface area contributed by atoms with Crippen LogP contribution in [0.4, 0.5) is 10.5 Å². The standard InChI is InChI=1S/C15H21Cl2N3O/c1-10(2)20-7-5-11(6-8-20)18-15(21)19-12-3-4-13(16)14(17)9-12/h3-4,9-11H,5-8H2,1-2H3,(H2,18,19,21). The Balaban J connectivity index is 1.81. The monoisotopic (exact) mass is 329 g/mol. The van der Waals surface area contributed by atoms with E-state index in [-0.39, 0.29) is 12.1 Å². The van der Waals surface area contributed by atoms with Crippen molar-refractivity contribution in [1.82, 2.24) is 10.2 Å². The summed E-state index contributed by atoms with van der Waals surface area (Å²) in [6, 6.07) is 5.64. The van der Waals surface area contributed by atoms with Crippen LogP contribution in [0.3, 0.4) is 0 Å². The van der Waals surface area contributed by atoms with Crippen LogP contribution in [0.2, 0.25) is 10.0 Å². The van der Waals surface area contributed by atoms with Crippen molar-refractivity contribution >= 4 is 34.9 Å². The van der Waals surface area contributed by atoms with E-state index in [4.69, 9.17) is 23.2 Å². The fraction of sp³-hybridized carbons (Fsp3) is 0.533. The second kappa shape index (κ2) is 7.34. The number of amides is 2. The first-order valence-electron chi connectivity index (χ1n) is 7.22. The number of carbonyl (C=O) groups excluding carboxylic acids is 1. The predicted molar refractivity (Wildman–Crippen MR) is 88.3 cm³/mol. The molecule has 2 amide bonds. The van der Waals surface area contributed by atoms with Crippen LogP contribution in [0.1, 0.15) is 26.7 Å². The molecular weight excluding hydrogens is 309 g/mol. The summed E-state index contributed by atoms with van der Waals surface area (Å²) in [5, 5.41) is 6.70. The average Bonchev–Trinajstić information content (AvgIpc) is 2.43. The van der Waals surface area contributed by atoms with Crippen LogP contribution in [-0.4, -0.2) is 36.1 Å². The number of hydrogen-bond acceptors (Lipinski definition) is 2. The molecule has 1 aromatic carbocycles. The maximum Gasteiger partial charge on any atom is 0.319 e. The summed E-state index contributed by atoms with van der Waals surface area (Å²) < 4.78 is 0. The highest BCUT2D eigenvalue weighted by Crippen LogP contribution is 2.25. The number of rotatable bonds is 3. The number of nitrogens with zero attached hydrogens (tertiary/aromatic N) is 1. The van der Waals surface area contributed by atoms with Crippen molar-refractivity contribution < 1.29 is 4.79 Å². The van der Waals surface area contributed by atoms with Gasteiger partial charge < -0.3 is 15.5 Å². The number of halogens is 2. The summed E-state index contributed by atoms with van der Waals surface area (Å²) in [4.78, 5) is 14.4. The Kier molecular flexibility index (Phi) is 5.73. The first-order chi connectivity index (χ1) is 9.95. The lowest BCUT2D eigenvalue weighted by molar-refractivity contribution is 0.163. The summed E-state index contributed by atoms with van der Waals surface area (Å²) in [7, 11) is 0. The van der Waals surface area contributed by atoms with Gasteiger partial charge >= 0.3 is 6.03 Å². The molecule has 0 saturated carbocycles. The Bertz CT molecular complexity index is 500. The zero-order valence-electron chi connectivity index (χ0n) is 12.3. The largest absolute Gasteiger partial charge is 0.335 e. The number of hydrogen-bond donors (Lipinski definition) is 2. The van der Waals surface area contributed by atoms with Crippen molar-refractivity contribution in [2.45, 2.75) is 38.8 Å². The second-order valence-electron chi connectivity index (χ2n) is 5.63. The van der Waals surface area contributed by atoms with E-state index in [2.05, 4.69) is 29.4 Å². The van der Waals surface area contributed by atoms with Gasteiger partial charge in [-0.1, -0.05) is 23.2 Å². The van der Waals surface area contributed by atoms with Crippen molar-refractivity contribution in [2.75, 3.05) is 18.4 Å². The summed E-state index contributed by atoms with van der Waals surface area (Å²) in [6.45, 7) is 6.44. The highest BCUT2D eigenvalue weighted by molar-refractivity contribution is 6.42. The van der Waals surface area contributed by atoms with E-state index < -0.39 is 0 Å². The van der Waals surface area contributed by atoms with Crippen LogP contribution >= 0.6 is 23.2 Å². The number of benzene rings is 1. The molecule has 6 heteroatoms. The van der Waals surface area contributed by atoms with E-state index in [9.17, 15) is 4.79 Å². The zero-order valence-corrected chi connectivity index (χ0v) is 13.8. The smallest absolute Gasteiger partial charge is 0.319 e. The zero-order chi connectivity index (χ0) is 15.4. The molecule has 1 heterocycles. The first-order valence-corrected chi connectivity index (χ1v) is 7.98. The van der Waals surface area contributed by atoms with Crippen LogP contribution in [0.25, 0.3) is 0 Å². The molecule has 1 fully saturated rings. The lowest BCUT2D eigenvalue weighted by Crippen LogP contribution is -2.47. The second-order valence-corrected chi connectivity index (χ2v) is 6.45. The maximum atomic E-state index is 12.0. The summed E-state index contributed by atoms with van der Waals surface area (Å²) >= 11 is 11.8. The van der Waals surface area contributed by atoms with Crippen molar-refractivity contribution in [3.63, 3.8) is 0 Å². The molecule has 21 heavy (non-hydrogen) atoms. The van der Waals surface area contributed by atoms with Crippen molar-refractivity contribution in [3.8, 4) is 0 Å². The molecule has 0 bridgehead atoms. The molecule has 1 aliphatic heterocycles. The number of carbonyl (C=O) groups is 1. The Morgan fingerprint density at radius 3 is 2.48 bits per heavy atom. The minimum absolute atomic E-state index is 0.198. The quantitative estimate of drug-likeness (QED) is 0.880. The molecule has 2 N–H and O–H groups in total. The van der Waals surface area contributed by atoms with Crippen molar-refractivity contribution in [2.24, 2.45) is 0 Å². The molecule has 116 valence electrons.